The van der Waals surface area contributed by atoms with Gasteiger partial charge in [-0.25, -0.2) is 4.79 Å². The maximum atomic E-state index is 12.3. The smallest absolute Gasteiger partial charge is 0.407 e. The van der Waals surface area contributed by atoms with E-state index in [2.05, 4.69) is 5.32 Å². The third-order valence-corrected chi connectivity index (χ3v) is 4.35. The summed E-state index contributed by atoms with van der Waals surface area (Å²) < 4.78 is 5.36. The van der Waals surface area contributed by atoms with Crippen LogP contribution in [-0.4, -0.2) is 35.0 Å². The molecule has 0 aromatic heterocycles. The number of nitrogens with one attached hydrogen (secondary N) is 1. The summed E-state index contributed by atoms with van der Waals surface area (Å²) in [6, 6.07) is 19.0. The van der Waals surface area contributed by atoms with Gasteiger partial charge in [-0.15, -0.1) is 0 Å². The van der Waals surface area contributed by atoms with Crippen molar-refractivity contribution in [2.24, 2.45) is 5.73 Å². The van der Waals surface area contributed by atoms with Gasteiger partial charge in [0.05, 0.1) is 12.1 Å². The molecule has 3 atom stereocenters. The molecule has 0 spiro atoms. The molecule has 0 heterocycles. The van der Waals surface area contributed by atoms with Gasteiger partial charge in [-0.05, 0) is 51.2 Å². The van der Waals surface area contributed by atoms with Crippen LogP contribution in [-0.2, 0) is 17.6 Å². The van der Waals surface area contributed by atoms with Crippen LogP contribution >= 0.6 is 0 Å². The maximum Gasteiger partial charge on any atom is 0.407 e. The zero-order valence-corrected chi connectivity index (χ0v) is 17.0. The van der Waals surface area contributed by atoms with Crippen LogP contribution in [0.15, 0.2) is 60.7 Å². The number of hydrogen-bond donors (Lipinski definition) is 3. The second-order valence-electron chi connectivity index (χ2n) is 8.20. The normalized spacial score (nSPS) is 14.8. The zero-order valence-electron chi connectivity index (χ0n) is 17.0. The number of carbonyl (C=O) groups excluding carboxylic acids is 1. The highest BCUT2D eigenvalue weighted by atomic mass is 16.6. The van der Waals surface area contributed by atoms with Crippen LogP contribution in [0.4, 0.5) is 4.79 Å². The van der Waals surface area contributed by atoms with Gasteiger partial charge < -0.3 is 20.9 Å². The van der Waals surface area contributed by atoms with Crippen LogP contribution in [0.1, 0.15) is 38.3 Å². The van der Waals surface area contributed by atoms with Gasteiger partial charge in [0.15, 0.2) is 0 Å². The molecule has 0 bridgehead atoms. The number of aliphatic hydroxyl groups is 1. The highest BCUT2D eigenvalue weighted by Crippen LogP contribution is 2.14. The molecule has 2 aromatic rings. The van der Waals surface area contributed by atoms with E-state index in [4.69, 9.17) is 10.5 Å². The molecule has 1 amide bonds. The third kappa shape index (κ3) is 8.11. The lowest BCUT2D eigenvalue weighted by molar-refractivity contribution is 0.0405. The monoisotopic (exact) mass is 384 g/mol. The van der Waals surface area contributed by atoms with Gasteiger partial charge in [0, 0.05) is 6.04 Å². The van der Waals surface area contributed by atoms with E-state index in [1.165, 1.54) is 0 Å². The zero-order chi connectivity index (χ0) is 20.6. The highest BCUT2D eigenvalue weighted by Gasteiger charge is 2.26. The van der Waals surface area contributed by atoms with Crippen LogP contribution in [0.2, 0.25) is 0 Å². The Morgan fingerprint density at radius 2 is 1.50 bits per heavy atom. The van der Waals surface area contributed by atoms with Crippen molar-refractivity contribution < 1.29 is 14.6 Å². The Balaban J connectivity index is 2.02. The fourth-order valence-electron chi connectivity index (χ4n) is 3.08. The maximum absolute atomic E-state index is 12.3. The summed E-state index contributed by atoms with van der Waals surface area (Å²) in [4.78, 5) is 12.3. The number of carbonyl (C=O) groups is 1. The van der Waals surface area contributed by atoms with Crippen LogP contribution < -0.4 is 11.1 Å². The highest BCUT2D eigenvalue weighted by molar-refractivity contribution is 5.68. The average molecular weight is 385 g/mol. The minimum Gasteiger partial charge on any atom is -0.444 e. The van der Waals surface area contributed by atoms with Crippen molar-refractivity contribution in [1.29, 1.82) is 0 Å². The van der Waals surface area contributed by atoms with Crippen molar-refractivity contribution >= 4 is 6.09 Å². The number of benzene rings is 2. The first-order valence-electron chi connectivity index (χ1n) is 9.74. The van der Waals surface area contributed by atoms with Crippen molar-refractivity contribution in [3.8, 4) is 0 Å². The quantitative estimate of drug-likeness (QED) is 0.651. The largest absolute Gasteiger partial charge is 0.444 e. The van der Waals surface area contributed by atoms with Gasteiger partial charge in [0.25, 0.3) is 0 Å². The Kier molecular flexibility index (Phi) is 8.03. The van der Waals surface area contributed by atoms with Crippen molar-refractivity contribution in [1.82, 2.24) is 5.32 Å². The summed E-state index contributed by atoms with van der Waals surface area (Å²) in [6.45, 7) is 5.43. The average Bonchev–Trinajstić information content (AvgIpc) is 2.61. The predicted octanol–water partition coefficient (Wildman–Crippen LogP) is 3.44. The molecule has 5 nitrogen and oxygen atoms in total. The number of amides is 1. The van der Waals surface area contributed by atoms with Gasteiger partial charge in [-0.2, -0.15) is 0 Å². The van der Waals surface area contributed by atoms with Crippen molar-refractivity contribution in [2.75, 3.05) is 0 Å². The van der Waals surface area contributed by atoms with E-state index in [1.54, 1.807) is 0 Å². The lowest BCUT2D eigenvalue weighted by atomic mass is 9.94. The number of rotatable bonds is 8. The number of aliphatic hydroxyl groups excluding tert-OH is 1. The Hall–Kier alpha value is -2.37. The van der Waals surface area contributed by atoms with Gasteiger partial charge >= 0.3 is 6.09 Å². The molecule has 0 saturated heterocycles. The van der Waals surface area contributed by atoms with Gasteiger partial charge in [0.1, 0.15) is 5.60 Å². The standard InChI is InChI=1S/C23H32N2O3/c1-23(2,3)28-22(27)25-20(15-18-12-8-5-9-13-18)21(26)16-19(24)14-17-10-6-4-7-11-17/h4-13,19-21,26H,14-16,24H2,1-3H3,(H,25,27)/t19?,20-,21-/m0/s1. The molecule has 152 valence electrons. The summed E-state index contributed by atoms with van der Waals surface area (Å²) >= 11 is 0. The van der Waals surface area contributed by atoms with Gasteiger partial charge in [0.2, 0.25) is 0 Å². The molecule has 28 heavy (non-hydrogen) atoms. The minimum atomic E-state index is -0.786. The fourth-order valence-corrected chi connectivity index (χ4v) is 3.08. The fraction of sp³-hybridized carbons (Fsp3) is 0.435. The van der Waals surface area contributed by atoms with Crippen LogP contribution in [0.5, 0.6) is 0 Å². The summed E-state index contributed by atoms with van der Waals surface area (Å²) in [7, 11) is 0. The Morgan fingerprint density at radius 1 is 1.00 bits per heavy atom. The van der Waals surface area contributed by atoms with E-state index in [9.17, 15) is 9.90 Å². The van der Waals surface area contributed by atoms with Gasteiger partial charge in [-0.3, -0.25) is 0 Å². The lowest BCUT2D eigenvalue weighted by Crippen LogP contribution is -2.48. The Labute approximate surface area is 167 Å². The van der Waals surface area contributed by atoms with E-state index in [1.807, 2.05) is 81.4 Å². The van der Waals surface area contributed by atoms with Crippen molar-refractivity contribution in [3.05, 3.63) is 71.8 Å². The molecule has 0 aliphatic carbocycles. The molecule has 5 heteroatoms. The van der Waals surface area contributed by atoms with E-state index in [0.717, 1.165) is 11.1 Å². The predicted molar refractivity (Wildman–Crippen MR) is 112 cm³/mol. The van der Waals surface area contributed by atoms with Gasteiger partial charge in [-0.1, -0.05) is 60.7 Å². The molecule has 0 fully saturated rings. The first kappa shape index (κ1) is 21.9. The van der Waals surface area contributed by atoms with Crippen LogP contribution in [0, 0.1) is 0 Å². The van der Waals surface area contributed by atoms with E-state index >= 15 is 0 Å². The SMILES string of the molecule is CC(C)(C)OC(=O)N[C@@H](Cc1ccccc1)[C@@H](O)CC(N)Cc1ccccc1. The first-order chi connectivity index (χ1) is 13.2. The van der Waals surface area contributed by atoms with Crippen molar-refractivity contribution in [3.63, 3.8) is 0 Å². The molecule has 0 radical (unpaired) electrons. The lowest BCUT2D eigenvalue weighted by Gasteiger charge is -2.28. The molecule has 0 saturated carbocycles. The molecule has 0 aliphatic rings. The van der Waals surface area contributed by atoms with Crippen LogP contribution in [0.25, 0.3) is 0 Å². The van der Waals surface area contributed by atoms with E-state index in [0.29, 0.717) is 19.3 Å². The summed E-state index contributed by atoms with van der Waals surface area (Å²) in [5.41, 5.74) is 7.82. The number of nitrogens with two attached hydrogens (primary N) is 1. The number of hydrogen-bond acceptors (Lipinski definition) is 4. The minimum absolute atomic E-state index is 0.212. The molecular weight excluding hydrogens is 352 g/mol. The molecule has 0 aliphatic heterocycles. The summed E-state index contributed by atoms with van der Waals surface area (Å²) in [6.07, 6.45) is 0.222. The number of alkyl carbamates (subject to hydrolysis) is 1. The number of ether oxygens (including phenoxy) is 1. The molecular formula is C23H32N2O3. The van der Waals surface area contributed by atoms with Crippen molar-refractivity contribution in [2.45, 2.75) is 63.8 Å². The molecule has 2 rings (SSSR count). The van der Waals surface area contributed by atoms with E-state index < -0.39 is 23.8 Å². The molecule has 4 N–H and O–H groups in total. The topological polar surface area (TPSA) is 84.6 Å². The molecule has 2 aromatic carbocycles. The Morgan fingerprint density at radius 3 is 2.00 bits per heavy atom. The second kappa shape index (κ2) is 10.2. The molecule has 1 unspecified atom stereocenters. The van der Waals surface area contributed by atoms with E-state index in [-0.39, 0.29) is 6.04 Å². The first-order valence-corrected chi connectivity index (χ1v) is 9.74. The third-order valence-electron chi connectivity index (χ3n) is 4.35. The second-order valence-corrected chi connectivity index (χ2v) is 8.20. The summed E-state index contributed by atoms with van der Waals surface area (Å²) in [5.74, 6) is 0. The Bertz CT molecular complexity index is 714. The van der Waals surface area contributed by atoms with Crippen LogP contribution in [0.3, 0.4) is 0 Å². The summed E-state index contributed by atoms with van der Waals surface area (Å²) in [5, 5.41) is 13.6.